The first-order valence-electron chi connectivity index (χ1n) is 8.57. The molecule has 7 heteroatoms. The van der Waals surface area contributed by atoms with Crippen molar-refractivity contribution in [3.63, 3.8) is 0 Å². The molecular weight excluding hydrogens is 378 g/mol. The quantitative estimate of drug-likeness (QED) is 0.608. The maximum atomic E-state index is 12.5. The molecule has 0 unspecified atom stereocenters. The molecule has 1 aromatic heterocycles. The maximum Gasteiger partial charge on any atom is 0.257 e. The van der Waals surface area contributed by atoms with Crippen molar-refractivity contribution in [3.05, 3.63) is 76.9 Å². The van der Waals surface area contributed by atoms with Crippen molar-refractivity contribution in [3.8, 4) is 11.5 Å². The molecular formula is C21H20ClN3O3. The normalized spacial score (nSPS) is 10.2. The number of nitrogens with one attached hydrogen (secondary N) is 2. The molecule has 1 amide bonds. The lowest BCUT2D eigenvalue weighted by atomic mass is 10.2. The van der Waals surface area contributed by atoms with Crippen molar-refractivity contribution in [2.75, 3.05) is 24.9 Å². The molecule has 0 aliphatic heterocycles. The number of halogens is 1. The van der Waals surface area contributed by atoms with E-state index in [-0.39, 0.29) is 5.91 Å². The van der Waals surface area contributed by atoms with Crippen LogP contribution in [0.5, 0.6) is 11.5 Å². The molecule has 6 nitrogen and oxygen atoms in total. The zero-order valence-corrected chi connectivity index (χ0v) is 16.3. The Kier molecular flexibility index (Phi) is 6.34. The van der Waals surface area contributed by atoms with Gasteiger partial charge >= 0.3 is 0 Å². The van der Waals surface area contributed by atoms with Crippen LogP contribution >= 0.6 is 11.6 Å². The molecule has 1 heterocycles. The lowest BCUT2D eigenvalue weighted by Gasteiger charge is -2.12. The van der Waals surface area contributed by atoms with Gasteiger partial charge in [0, 0.05) is 23.8 Å². The number of anilines is 2. The molecule has 0 aliphatic carbocycles. The molecule has 3 rings (SSSR count). The van der Waals surface area contributed by atoms with Crippen LogP contribution < -0.4 is 20.1 Å². The van der Waals surface area contributed by atoms with Gasteiger partial charge in [-0.2, -0.15) is 0 Å². The van der Waals surface area contributed by atoms with Crippen LogP contribution in [-0.4, -0.2) is 25.1 Å². The van der Waals surface area contributed by atoms with Crippen LogP contribution in [0.4, 0.5) is 11.5 Å². The lowest BCUT2D eigenvalue weighted by molar-refractivity contribution is 0.102. The zero-order chi connectivity index (χ0) is 19.9. The first-order chi connectivity index (χ1) is 13.6. The van der Waals surface area contributed by atoms with Gasteiger partial charge in [0.25, 0.3) is 5.91 Å². The van der Waals surface area contributed by atoms with Crippen molar-refractivity contribution in [2.24, 2.45) is 0 Å². The van der Waals surface area contributed by atoms with Crippen LogP contribution in [0.3, 0.4) is 0 Å². The first kappa shape index (κ1) is 19.5. The number of carbonyl (C=O) groups excluding carboxylic acids is 1. The monoisotopic (exact) mass is 397 g/mol. The number of benzene rings is 2. The third-order valence-electron chi connectivity index (χ3n) is 4.10. The van der Waals surface area contributed by atoms with Gasteiger partial charge in [0.05, 0.1) is 25.5 Å². The smallest absolute Gasteiger partial charge is 0.257 e. The van der Waals surface area contributed by atoms with E-state index in [1.807, 2.05) is 24.3 Å². The fourth-order valence-electron chi connectivity index (χ4n) is 2.56. The predicted octanol–water partition coefficient (Wildman–Crippen LogP) is 4.62. The molecule has 3 aromatic rings. The summed E-state index contributed by atoms with van der Waals surface area (Å²) in [5.41, 5.74) is 1.95. The third kappa shape index (κ3) is 4.72. The summed E-state index contributed by atoms with van der Waals surface area (Å²) in [7, 11) is 3.10. The van der Waals surface area contributed by atoms with E-state index in [9.17, 15) is 4.79 Å². The van der Waals surface area contributed by atoms with Crippen molar-refractivity contribution < 1.29 is 14.3 Å². The van der Waals surface area contributed by atoms with Gasteiger partial charge in [-0.3, -0.25) is 4.79 Å². The summed E-state index contributed by atoms with van der Waals surface area (Å²) in [6.45, 7) is 0.543. The average molecular weight is 398 g/mol. The highest BCUT2D eigenvalue weighted by atomic mass is 35.5. The Morgan fingerprint density at radius 2 is 1.89 bits per heavy atom. The lowest BCUT2D eigenvalue weighted by Crippen LogP contribution is -2.13. The molecule has 0 radical (unpaired) electrons. The van der Waals surface area contributed by atoms with E-state index in [2.05, 4.69) is 15.6 Å². The van der Waals surface area contributed by atoms with E-state index in [0.29, 0.717) is 40.1 Å². The van der Waals surface area contributed by atoms with Gasteiger partial charge < -0.3 is 20.1 Å². The Hall–Kier alpha value is -3.25. The Bertz CT molecular complexity index is 961. The Balaban J connectivity index is 1.64. The van der Waals surface area contributed by atoms with Gasteiger partial charge in [0.2, 0.25) is 0 Å². The zero-order valence-electron chi connectivity index (χ0n) is 15.5. The van der Waals surface area contributed by atoms with Crippen molar-refractivity contribution in [2.45, 2.75) is 6.54 Å². The van der Waals surface area contributed by atoms with Crippen LogP contribution in [0.25, 0.3) is 0 Å². The standard InChI is InChI=1S/C21H20ClN3O3/c1-27-16-8-9-18(19(11-16)28-2)25-21(26)15-7-10-20(24-13-15)23-12-14-5-3-4-6-17(14)22/h3-11,13H,12H2,1-2H3,(H,23,24)(H,25,26). The minimum absolute atomic E-state index is 0.284. The summed E-state index contributed by atoms with van der Waals surface area (Å²) < 4.78 is 10.5. The van der Waals surface area contributed by atoms with Gasteiger partial charge in [-0.05, 0) is 35.9 Å². The second kappa shape index (κ2) is 9.10. The number of aromatic nitrogens is 1. The van der Waals surface area contributed by atoms with Crippen LogP contribution in [-0.2, 0) is 6.54 Å². The van der Waals surface area contributed by atoms with Crippen LogP contribution in [0.15, 0.2) is 60.8 Å². The summed E-state index contributed by atoms with van der Waals surface area (Å²) in [6.07, 6.45) is 1.51. The number of methoxy groups -OCH3 is 2. The summed E-state index contributed by atoms with van der Waals surface area (Å²) >= 11 is 6.15. The fourth-order valence-corrected chi connectivity index (χ4v) is 2.76. The summed E-state index contributed by atoms with van der Waals surface area (Å²) in [6, 6.07) is 16.2. The second-order valence-corrected chi connectivity index (χ2v) is 6.30. The summed E-state index contributed by atoms with van der Waals surface area (Å²) in [5, 5.41) is 6.70. The second-order valence-electron chi connectivity index (χ2n) is 5.90. The first-order valence-corrected chi connectivity index (χ1v) is 8.95. The van der Waals surface area contributed by atoms with E-state index in [1.165, 1.54) is 13.3 Å². The molecule has 0 aliphatic rings. The average Bonchev–Trinajstić information content (AvgIpc) is 2.73. The Labute approximate surface area is 168 Å². The molecule has 0 saturated heterocycles. The van der Waals surface area contributed by atoms with Gasteiger partial charge in [0.15, 0.2) is 0 Å². The molecule has 2 N–H and O–H groups in total. The number of nitrogens with zero attached hydrogens (tertiary/aromatic N) is 1. The van der Waals surface area contributed by atoms with Crippen molar-refractivity contribution >= 4 is 29.0 Å². The number of carbonyl (C=O) groups is 1. The molecule has 0 spiro atoms. The minimum Gasteiger partial charge on any atom is -0.497 e. The molecule has 0 atom stereocenters. The fraction of sp³-hybridized carbons (Fsp3) is 0.143. The highest BCUT2D eigenvalue weighted by Gasteiger charge is 2.11. The van der Waals surface area contributed by atoms with Gasteiger partial charge in [-0.1, -0.05) is 29.8 Å². The molecule has 0 bridgehead atoms. The maximum absolute atomic E-state index is 12.5. The third-order valence-corrected chi connectivity index (χ3v) is 4.47. The van der Waals surface area contributed by atoms with E-state index in [1.54, 1.807) is 37.4 Å². The number of hydrogen-bond acceptors (Lipinski definition) is 5. The number of pyridine rings is 1. The van der Waals surface area contributed by atoms with Crippen LogP contribution in [0.1, 0.15) is 15.9 Å². The highest BCUT2D eigenvalue weighted by Crippen LogP contribution is 2.29. The number of rotatable bonds is 7. The topological polar surface area (TPSA) is 72.5 Å². The van der Waals surface area contributed by atoms with Gasteiger partial charge in [-0.25, -0.2) is 4.98 Å². The Morgan fingerprint density at radius 1 is 1.07 bits per heavy atom. The van der Waals surface area contributed by atoms with E-state index < -0.39 is 0 Å². The predicted molar refractivity (Wildman–Crippen MR) is 111 cm³/mol. The molecule has 28 heavy (non-hydrogen) atoms. The van der Waals surface area contributed by atoms with Gasteiger partial charge in [0.1, 0.15) is 17.3 Å². The van der Waals surface area contributed by atoms with Gasteiger partial charge in [-0.15, -0.1) is 0 Å². The number of hydrogen-bond donors (Lipinski definition) is 2. The number of ether oxygens (including phenoxy) is 2. The van der Waals surface area contributed by atoms with Crippen molar-refractivity contribution in [1.82, 2.24) is 4.98 Å². The minimum atomic E-state index is -0.284. The number of amides is 1. The van der Waals surface area contributed by atoms with E-state index in [0.717, 1.165) is 5.56 Å². The highest BCUT2D eigenvalue weighted by molar-refractivity contribution is 6.31. The molecule has 0 saturated carbocycles. The van der Waals surface area contributed by atoms with E-state index >= 15 is 0 Å². The molecule has 2 aromatic carbocycles. The van der Waals surface area contributed by atoms with Crippen LogP contribution in [0, 0.1) is 0 Å². The van der Waals surface area contributed by atoms with Crippen molar-refractivity contribution in [1.29, 1.82) is 0 Å². The van der Waals surface area contributed by atoms with E-state index in [4.69, 9.17) is 21.1 Å². The SMILES string of the molecule is COc1ccc(NC(=O)c2ccc(NCc3ccccc3Cl)nc2)c(OC)c1. The largest absolute Gasteiger partial charge is 0.497 e. The molecule has 0 fully saturated rings. The van der Waals surface area contributed by atoms with Crippen LogP contribution in [0.2, 0.25) is 5.02 Å². The molecule has 144 valence electrons. The summed E-state index contributed by atoms with van der Waals surface area (Å²) in [4.78, 5) is 16.8. The summed E-state index contributed by atoms with van der Waals surface area (Å²) in [5.74, 6) is 1.52. The Morgan fingerprint density at radius 3 is 2.57 bits per heavy atom.